The first-order chi connectivity index (χ1) is 12.3. The Hall–Kier alpha value is -2.79. The molecule has 2 rings (SSSR count). The van der Waals surface area contributed by atoms with E-state index in [9.17, 15) is 0 Å². The zero-order valence-electron chi connectivity index (χ0n) is 14.1. The molecule has 0 amide bonds. The highest BCUT2D eigenvalue weighted by atomic mass is 32.2. The topological polar surface area (TPSA) is 102 Å². The van der Waals surface area contributed by atoms with E-state index in [0.717, 1.165) is 35.0 Å². The molecule has 0 atom stereocenters. The van der Waals surface area contributed by atoms with E-state index < -0.39 is 0 Å². The lowest BCUT2D eigenvalue weighted by atomic mass is 10.2. The minimum atomic E-state index is 0.485. The van der Waals surface area contributed by atoms with Crippen LogP contribution in [0.15, 0.2) is 41.9 Å². The molecular formula is C17H21N7S. The molecule has 0 aliphatic rings. The first-order valence-electron chi connectivity index (χ1n) is 7.86. The molecular weight excluding hydrogens is 334 g/mol. The lowest BCUT2D eigenvalue weighted by molar-refractivity contribution is 0.923. The molecule has 2 aromatic heterocycles. The average Bonchev–Trinajstić information content (AvgIpc) is 3.04. The van der Waals surface area contributed by atoms with Crippen LogP contribution in [0.5, 0.6) is 0 Å². The Labute approximate surface area is 151 Å². The summed E-state index contributed by atoms with van der Waals surface area (Å²) in [7, 11) is 0. The Kier molecular flexibility index (Phi) is 8.08. The van der Waals surface area contributed by atoms with Gasteiger partial charge in [-0.2, -0.15) is 17.0 Å². The molecule has 2 aromatic rings. The van der Waals surface area contributed by atoms with Crippen molar-refractivity contribution in [2.45, 2.75) is 12.7 Å². The van der Waals surface area contributed by atoms with Gasteiger partial charge in [0, 0.05) is 36.1 Å². The fourth-order valence-electron chi connectivity index (χ4n) is 1.94. The molecule has 0 saturated carbocycles. The molecule has 2 heterocycles. The maximum atomic E-state index is 8.81. The number of hydrogen-bond acceptors (Lipinski definition) is 5. The van der Waals surface area contributed by atoms with Crippen LogP contribution in [0.4, 0.5) is 0 Å². The number of nitrogens with one attached hydrogen (secondary N) is 3. The van der Waals surface area contributed by atoms with Crippen LogP contribution in [0.25, 0.3) is 6.08 Å². The van der Waals surface area contributed by atoms with E-state index in [1.165, 1.54) is 0 Å². The summed E-state index contributed by atoms with van der Waals surface area (Å²) >= 11 is 1.78. The summed E-state index contributed by atoms with van der Waals surface area (Å²) in [4.78, 5) is 15.6. The Bertz CT molecular complexity index is 731. The monoisotopic (exact) mass is 355 g/mol. The SMILES string of the molecule is Cc1[nH]cnc1CSCCNC(=NCC=Cc1ccncc1)NC#N. The molecule has 0 fully saturated rings. The molecule has 0 spiro atoms. The fraction of sp³-hybridized carbons (Fsp3) is 0.294. The van der Waals surface area contributed by atoms with Crippen molar-refractivity contribution in [3.05, 3.63) is 53.9 Å². The van der Waals surface area contributed by atoms with Crippen molar-refractivity contribution in [3.8, 4) is 6.19 Å². The third kappa shape index (κ3) is 7.10. The van der Waals surface area contributed by atoms with E-state index in [1.807, 2.05) is 37.4 Å². The number of nitrogens with zero attached hydrogens (tertiary/aromatic N) is 4. The number of aliphatic imine (C=N–C) groups is 1. The van der Waals surface area contributed by atoms with Crippen molar-refractivity contribution in [2.75, 3.05) is 18.8 Å². The smallest absolute Gasteiger partial charge is 0.205 e. The summed E-state index contributed by atoms with van der Waals surface area (Å²) in [6.45, 7) is 3.22. The van der Waals surface area contributed by atoms with E-state index >= 15 is 0 Å². The van der Waals surface area contributed by atoms with Crippen molar-refractivity contribution < 1.29 is 0 Å². The van der Waals surface area contributed by atoms with Crippen LogP contribution in [0.2, 0.25) is 0 Å². The van der Waals surface area contributed by atoms with Gasteiger partial charge in [-0.15, -0.1) is 0 Å². The Morgan fingerprint density at radius 3 is 3.00 bits per heavy atom. The summed E-state index contributed by atoms with van der Waals surface area (Å²) < 4.78 is 0. The van der Waals surface area contributed by atoms with Gasteiger partial charge in [0.15, 0.2) is 6.19 Å². The van der Waals surface area contributed by atoms with Gasteiger partial charge in [-0.05, 0) is 24.6 Å². The molecule has 8 heteroatoms. The molecule has 130 valence electrons. The number of pyridine rings is 1. The third-order valence-electron chi connectivity index (χ3n) is 3.26. The van der Waals surface area contributed by atoms with Crippen molar-refractivity contribution in [2.24, 2.45) is 4.99 Å². The van der Waals surface area contributed by atoms with E-state index in [0.29, 0.717) is 12.5 Å². The van der Waals surface area contributed by atoms with Gasteiger partial charge in [0.1, 0.15) is 0 Å². The van der Waals surface area contributed by atoms with Gasteiger partial charge in [0.25, 0.3) is 0 Å². The lowest BCUT2D eigenvalue weighted by Gasteiger charge is -2.07. The van der Waals surface area contributed by atoms with E-state index in [-0.39, 0.29) is 0 Å². The van der Waals surface area contributed by atoms with Crippen LogP contribution in [0, 0.1) is 18.4 Å². The van der Waals surface area contributed by atoms with E-state index in [1.54, 1.807) is 30.5 Å². The fourth-order valence-corrected chi connectivity index (χ4v) is 2.82. The van der Waals surface area contributed by atoms with Crippen molar-refractivity contribution in [1.82, 2.24) is 25.6 Å². The highest BCUT2D eigenvalue weighted by molar-refractivity contribution is 7.98. The highest BCUT2D eigenvalue weighted by Gasteiger charge is 2.01. The van der Waals surface area contributed by atoms with Gasteiger partial charge in [-0.1, -0.05) is 12.2 Å². The summed E-state index contributed by atoms with van der Waals surface area (Å²) in [6, 6.07) is 3.84. The molecule has 0 aliphatic heterocycles. The molecule has 0 unspecified atom stereocenters. The van der Waals surface area contributed by atoms with Gasteiger partial charge in [-0.3, -0.25) is 10.3 Å². The molecule has 0 radical (unpaired) electrons. The number of aryl methyl sites for hydroxylation is 1. The van der Waals surface area contributed by atoms with E-state index in [2.05, 4.69) is 30.6 Å². The number of H-pyrrole nitrogens is 1. The lowest BCUT2D eigenvalue weighted by Crippen LogP contribution is -2.36. The van der Waals surface area contributed by atoms with Gasteiger partial charge in [0.2, 0.25) is 5.96 Å². The predicted molar refractivity (Wildman–Crippen MR) is 102 cm³/mol. The normalized spacial score (nSPS) is 11.4. The number of guanidine groups is 1. The number of rotatable bonds is 8. The van der Waals surface area contributed by atoms with Crippen LogP contribution in [0.3, 0.4) is 0 Å². The zero-order chi connectivity index (χ0) is 17.7. The number of imidazole rings is 1. The average molecular weight is 355 g/mol. The number of aromatic nitrogens is 3. The van der Waals surface area contributed by atoms with Crippen molar-refractivity contribution in [3.63, 3.8) is 0 Å². The Morgan fingerprint density at radius 2 is 2.28 bits per heavy atom. The Morgan fingerprint density at radius 1 is 1.44 bits per heavy atom. The number of nitriles is 1. The summed E-state index contributed by atoms with van der Waals surface area (Å²) in [6.07, 6.45) is 11.0. The Balaban J connectivity index is 1.69. The first kappa shape index (κ1) is 18.5. The molecule has 0 aliphatic carbocycles. The minimum Gasteiger partial charge on any atom is -0.355 e. The predicted octanol–water partition coefficient (Wildman–Crippen LogP) is 2.08. The van der Waals surface area contributed by atoms with Crippen LogP contribution < -0.4 is 10.6 Å². The molecule has 0 aromatic carbocycles. The molecule has 7 nitrogen and oxygen atoms in total. The summed E-state index contributed by atoms with van der Waals surface area (Å²) in [5, 5.41) is 14.5. The number of hydrogen-bond donors (Lipinski definition) is 3. The number of thioether (sulfide) groups is 1. The van der Waals surface area contributed by atoms with Crippen LogP contribution in [0.1, 0.15) is 17.0 Å². The van der Waals surface area contributed by atoms with Crippen LogP contribution >= 0.6 is 11.8 Å². The first-order valence-corrected chi connectivity index (χ1v) is 9.01. The van der Waals surface area contributed by atoms with Gasteiger partial charge >= 0.3 is 0 Å². The number of aromatic amines is 1. The van der Waals surface area contributed by atoms with Gasteiger partial charge in [0.05, 0.1) is 18.6 Å². The maximum absolute atomic E-state index is 8.81. The minimum absolute atomic E-state index is 0.485. The standard InChI is InChI=1S/C17H21N7S/c1-14-16(24-13-23-14)11-25-10-9-21-17(22-12-18)20-6-2-3-15-4-7-19-8-5-15/h2-5,7-8,13H,6,9-11H2,1H3,(H,23,24)(H2,20,21,22). The van der Waals surface area contributed by atoms with Gasteiger partial charge in [-0.25, -0.2) is 9.98 Å². The molecule has 3 N–H and O–H groups in total. The van der Waals surface area contributed by atoms with Crippen molar-refractivity contribution in [1.29, 1.82) is 5.26 Å². The summed E-state index contributed by atoms with van der Waals surface area (Å²) in [5.41, 5.74) is 3.25. The second kappa shape index (κ2) is 10.9. The third-order valence-corrected chi connectivity index (χ3v) is 4.23. The second-order valence-electron chi connectivity index (χ2n) is 5.06. The maximum Gasteiger partial charge on any atom is 0.205 e. The molecule has 25 heavy (non-hydrogen) atoms. The highest BCUT2D eigenvalue weighted by Crippen LogP contribution is 2.11. The van der Waals surface area contributed by atoms with Crippen molar-refractivity contribution >= 4 is 23.8 Å². The zero-order valence-corrected chi connectivity index (χ0v) is 14.9. The van der Waals surface area contributed by atoms with Crippen LogP contribution in [-0.2, 0) is 5.75 Å². The molecule has 0 bridgehead atoms. The van der Waals surface area contributed by atoms with Crippen LogP contribution in [-0.4, -0.2) is 39.8 Å². The van der Waals surface area contributed by atoms with Gasteiger partial charge < -0.3 is 10.3 Å². The quantitative estimate of drug-likeness (QED) is 0.220. The van der Waals surface area contributed by atoms with E-state index in [4.69, 9.17) is 5.26 Å². The molecule has 0 saturated heterocycles. The second-order valence-corrected chi connectivity index (χ2v) is 6.17. The summed E-state index contributed by atoms with van der Waals surface area (Å²) in [5.74, 6) is 2.24. The largest absolute Gasteiger partial charge is 0.355 e.